The molecule has 2 aromatic rings. The van der Waals surface area contributed by atoms with Crippen molar-refractivity contribution in [3.05, 3.63) is 58.6 Å². The van der Waals surface area contributed by atoms with Crippen LogP contribution in [0, 0.1) is 0 Å². The predicted molar refractivity (Wildman–Crippen MR) is 142 cm³/mol. The second kappa shape index (κ2) is 12.9. The summed E-state index contributed by atoms with van der Waals surface area (Å²) in [6.45, 7) is 5.78. The lowest BCUT2D eigenvalue weighted by molar-refractivity contribution is -0.140. The first-order chi connectivity index (χ1) is 16.4. The number of nitrogens with zero attached hydrogens (tertiary/aromatic N) is 2. The highest BCUT2D eigenvalue weighted by Crippen LogP contribution is 2.29. The van der Waals surface area contributed by atoms with Gasteiger partial charge >= 0.3 is 0 Å². The van der Waals surface area contributed by atoms with Gasteiger partial charge in [-0.25, -0.2) is 8.42 Å². The molecule has 0 unspecified atom stereocenters. The van der Waals surface area contributed by atoms with Crippen LogP contribution in [0.15, 0.2) is 53.0 Å². The van der Waals surface area contributed by atoms with Crippen molar-refractivity contribution in [1.82, 2.24) is 10.2 Å². The Kier molecular flexibility index (Phi) is 10.6. The minimum absolute atomic E-state index is 0.0584. The van der Waals surface area contributed by atoms with Gasteiger partial charge in [0.25, 0.3) is 0 Å². The van der Waals surface area contributed by atoms with E-state index in [1.165, 1.54) is 16.3 Å². The van der Waals surface area contributed by atoms with Crippen molar-refractivity contribution in [1.29, 1.82) is 0 Å². The highest BCUT2D eigenvalue weighted by atomic mass is 79.9. The predicted octanol–water partition coefficient (Wildman–Crippen LogP) is 3.95. The Morgan fingerprint density at radius 1 is 1.09 bits per heavy atom. The van der Waals surface area contributed by atoms with Gasteiger partial charge in [0.1, 0.15) is 11.8 Å². The molecule has 0 saturated carbocycles. The molecular weight excluding hydrogens is 534 g/mol. The van der Waals surface area contributed by atoms with Gasteiger partial charge in [0.15, 0.2) is 0 Å². The molecule has 2 rings (SSSR count). The maximum atomic E-state index is 13.3. The highest BCUT2D eigenvalue weighted by Gasteiger charge is 2.27. The summed E-state index contributed by atoms with van der Waals surface area (Å²) in [4.78, 5) is 27.5. The second-order valence-corrected chi connectivity index (χ2v) is 11.4. The maximum Gasteiger partial charge on any atom is 0.242 e. The zero-order valence-electron chi connectivity index (χ0n) is 20.8. The Balaban J connectivity index is 2.20. The monoisotopic (exact) mass is 567 g/mol. The van der Waals surface area contributed by atoms with E-state index in [9.17, 15) is 18.0 Å². The molecule has 2 aromatic carbocycles. The molecule has 192 valence electrons. The molecule has 1 N–H and O–H groups in total. The third kappa shape index (κ3) is 8.54. The number of amides is 2. The van der Waals surface area contributed by atoms with E-state index in [1.54, 1.807) is 31.2 Å². The van der Waals surface area contributed by atoms with E-state index in [2.05, 4.69) is 21.2 Å². The van der Waals surface area contributed by atoms with Gasteiger partial charge in [-0.1, -0.05) is 40.2 Å². The molecule has 0 aliphatic heterocycles. The smallest absolute Gasteiger partial charge is 0.242 e. The lowest BCUT2D eigenvalue weighted by Gasteiger charge is -2.30. The quantitative estimate of drug-likeness (QED) is 0.419. The average molecular weight is 569 g/mol. The molecule has 0 saturated heterocycles. The lowest BCUT2D eigenvalue weighted by atomic mass is 10.1. The van der Waals surface area contributed by atoms with Crippen molar-refractivity contribution < 1.29 is 22.7 Å². The molecule has 1 atom stereocenters. The van der Waals surface area contributed by atoms with Gasteiger partial charge in [-0.2, -0.15) is 0 Å². The highest BCUT2D eigenvalue weighted by molar-refractivity contribution is 9.10. The minimum Gasteiger partial charge on any atom is -0.495 e. The van der Waals surface area contributed by atoms with Gasteiger partial charge in [-0.05, 0) is 57.0 Å². The van der Waals surface area contributed by atoms with Crippen molar-refractivity contribution in [3.8, 4) is 5.75 Å². The van der Waals surface area contributed by atoms with Gasteiger partial charge < -0.3 is 15.0 Å². The summed E-state index contributed by atoms with van der Waals surface area (Å²) in [7, 11) is -2.13. The Bertz CT molecular complexity index is 1120. The van der Waals surface area contributed by atoms with Crippen LogP contribution < -0.4 is 14.4 Å². The van der Waals surface area contributed by atoms with E-state index in [0.717, 1.165) is 16.3 Å². The summed E-state index contributed by atoms with van der Waals surface area (Å²) in [5.41, 5.74) is 1.30. The number of para-hydroxylation sites is 2. The lowest BCUT2D eigenvalue weighted by Crippen LogP contribution is -2.49. The molecule has 0 aliphatic carbocycles. The maximum absolute atomic E-state index is 13.3. The summed E-state index contributed by atoms with van der Waals surface area (Å²) >= 11 is 3.44. The van der Waals surface area contributed by atoms with Gasteiger partial charge in [-0.3, -0.25) is 13.9 Å². The first-order valence-electron chi connectivity index (χ1n) is 11.4. The molecule has 0 fully saturated rings. The third-order valence-electron chi connectivity index (χ3n) is 5.35. The van der Waals surface area contributed by atoms with Crippen LogP contribution in [0.1, 0.15) is 39.2 Å². The van der Waals surface area contributed by atoms with Crippen LogP contribution in [-0.2, 0) is 26.2 Å². The second-order valence-electron chi connectivity index (χ2n) is 8.60. The minimum atomic E-state index is -3.61. The largest absolute Gasteiger partial charge is 0.495 e. The Labute approximate surface area is 216 Å². The van der Waals surface area contributed by atoms with Crippen LogP contribution in [0.4, 0.5) is 5.69 Å². The molecule has 8 nitrogen and oxygen atoms in total. The number of anilines is 1. The Morgan fingerprint density at radius 3 is 2.37 bits per heavy atom. The molecule has 10 heteroatoms. The Morgan fingerprint density at radius 2 is 1.77 bits per heavy atom. The zero-order valence-corrected chi connectivity index (χ0v) is 23.2. The molecule has 0 aromatic heterocycles. The summed E-state index contributed by atoms with van der Waals surface area (Å²) in [5, 5.41) is 2.86. The van der Waals surface area contributed by atoms with Crippen molar-refractivity contribution in [2.75, 3.05) is 24.2 Å². The molecule has 0 aliphatic rings. The summed E-state index contributed by atoms with van der Waals surface area (Å²) in [5.74, 6) is -0.0421. The molecule has 0 heterocycles. The van der Waals surface area contributed by atoms with Gasteiger partial charge in [0.2, 0.25) is 21.8 Å². The number of carbonyl (C=O) groups excluding carboxylic acids is 2. The fourth-order valence-electron chi connectivity index (χ4n) is 3.64. The fourth-order valence-corrected chi connectivity index (χ4v) is 5.05. The first kappa shape index (κ1) is 28.6. The van der Waals surface area contributed by atoms with E-state index < -0.39 is 16.1 Å². The van der Waals surface area contributed by atoms with E-state index in [4.69, 9.17) is 4.74 Å². The summed E-state index contributed by atoms with van der Waals surface area (Å²) in [6, 6.07) is 13.7. The first-order valence-corrected chi connectivity index (χ1v) is 14.0. The van der Waals surface area contributed by atoms with Crippen LogP contribution >= 0.6 is 15.9 Å². The van der Waals surface area contributed by atoms with Gasteiger partial charge in [0.05, 0.1) is 19.1 Å². The number of carbonyl (C=O) groups is 2. The van der Waals surface area contributed by atoms with Crippen molar-refractivity contribution in [2.45, 2.75) is 52.2 Å². The van der Waals surface area contributed by atoms with Crippen molar-refractivity contribution in [3.63, 3.8) is 0 Å². The number of nitrogens with one attached hydrogen (secondary N) is 1. The molecule has 0 radical (unpaired) electrons. The number of sulfonamides is 1. The molecular formula is C25H34BrN3O5S. The SMILES string of the molecule is COc1ccccc1N(CCCC(=O)N(Cc1cccc(Br)c1)[C@@H](C)C(=O)NC(C)C)S(C)(=O)=O. The number of benzene rings is 2. The third-order valence-corrected chi connectivity index (χ3v) is 7.02. The van der Waals surface area contributed by atoms with Gasteiger partial charge in [-0.15, -0.1) is 0 Å². The van der Waals surface area contributed by atoms with Crippen molar-refractivity contribution in [2.24, 2.45) is 0 Å². The van der Waals surface area contributed by atoms with Crippen LogP contribution in [0.5, 0.6) is 5.75 Å². The zero-order chi connectivity index (χ0) is 26.2. The topological polar surface area (TPSA) is 96.0 Å². The molecule has 35 heavy (non-hydrogen) atoms. The van der Waals surface area contributed by atoms with E-state index in [0.29, 0.717) is 11.4 Å². The van der Waals surface area contributed by atoms with Crippen LogP contribution in [0.2, 0.25) is 0 Å². The Hall–Kier alpha value is -2.59. The number of hydrogen-bond donors (Lipinski definition) is 1. The number of hydrogen-bond acceptors (Lipinski definition) is 5. The van der Waals surface area contributed by atoms with E-state index in [-0.39, 0.29) is 43.8 Å². The molecule has 0 spiro atoms. The summed E-state index contributed by atoms with van der Waals surface area (Å²) in [6.07, 6.45) is 1.48. The van der Waals surface area contributed by atoms with Crippen LogP contribution in [-0.4, -0.2) is 57.1 Å². The fraction of sp³-hybridized carbons (Fsp3) is 0.440. The van der Waals surface area contributed by atoms with Crippen molar-refractivity contribution >= 4 is 43.5 Å². The van der Waals surface area contributed by atoms with Gasteiger partial charge in [0, 0.05) is 30.0 Å². The number of halogens is 1. The standard InChI is InChI=1S/C25H34BrN3O5S/c1-18(2)27-25(31)19(3)28(17-20-10-8-11-21(26)16-20)24(30)14-9-15-29(35(5,32)33)22-12-6-7-13-23(22)34-4/h6-8,10-13,16,18-19H,9,14-15,17H2,1-5H3,(H,27,31)/t19-/m0/s1. The normalized spacial score (nSPS) is 12.2. The molecule has 2 amide bonds. The number of ether oxygens (including phenoxy) is 1. The number of rotatable bonds is 12. The molecule has 0 bridgehead atoms. The number of methoxy groups -OCH3 is 1. The average Bonchev–Trinajstić information content (AvgIpc) is 2.78. The summed E-state index contributed by atoms with van der Waals surface area (Å²) < 4.78 is 32.4. The van der Waals surface area contributed by atoms with E-state index in [1.807, 2.05) is 38.1 Å². The van der Waals surface area contributed by atoms with Crippen LogP contribution in [0.25, 0.3) is 0 Å². The van der Waals surface area contributed by atoms with Crippen LogP contribution in [0.3, 0.4) is 0 Å². The van der Waals surface area contributed by atoms with E-state index >= 15 is 0 Å².